The van der Waals surface area contributed by atoms with Gasteiger partial charge in [0.1, 0.15) is 6.54 Å². The van der Waals surface area contributed by atoms with Crippen molar-refractivity contribution >= 4 is 21.8 Å². The quantitative estimate of drug-likeness (QED) is 0.755. The molecule has 9 heteroatoms. The Bertz CT molecular complexity index is 896. The van der Waals surface area contributed by atoms with Crippen LogP contribution in [0.2, 0.25) is 0 Å². The average Bonchev–Trinajstić information content (AvgIpc) is 2.96. The molecule has 0 unspecified atom stereocenters. The summed E-state index contributed by atoms with van der Waals surface area (Å²) in [5, 5.41) is 3.11. The van der Waals surface area contributed by atoms with E-state index in [4.69, 9.17) is 0 Å². The fraction of sp³-hybridized carbons (Fsp3) is 0.600. The maximum atomic E-state index is 12.6. The third kappa shape index (κ3) is 3.61. The van der Waals surface area contributed by atoms with Gasteiger partial charge in [-0.3, -0.25) is 9.69 Å². The first kappa shape index (κ1) is 20.2. The Balaban J connectivity index is 1.41. The van der Waals surface area contributed by atoms with Crippen molar-refractivity contribution in [3.63, 3.8) is 0 Å². The van der Waals surface area contributed by atoms with Gasteiger partial charge in [-0.2, -0.15) is 0 Å². The molecule has 29 heavy (non-hydrogen) atoms. The van der Waals surface area contributed by atoms with E-state index >= 15 is 0 Å². The standard InChI is InChI=1S/C20H28N4O4S/c1-22(2)20(16-6-4-3-5-7-16)13-19(14-20)15-24(18(26)21-19)12-17(25)23-8-10-29(27,28)11-9-23/h3-7H,8-15H2,1-2H3,(H,21,26)/t19-,20+. The van der Waals surface area contributed by atoms with Crippen LogP contribution in [0.4, 0.5) is 4.79 Å². The van der Waals surface area contributed by atoms with Crippen LogP contribution in [0.5, 0.6) is 0 Å². The van der Waals surface area contributed by atoms with Crippen LogP contribution in [0.1, 0.15) is 18.4 Å². The van der Waals surface area contributed by atoms with Crippen molar-refractivity contribution in [1.29, 1.82) is 0 Å². The third-order valence-electron chi connectivity index (χ3n) is 6.60. The van der Waals surface area contributed by atoms with Gasteiger partial charge in [-0.25, -0.2) is 13.2 Å². The minimum absolute atomic E-state index is 0.00267. The Morgan fingerprint density at radius 1 is 1.14 bits per heavy atom. The molecule has 4 rings (SSSR count). The van der Waals surface area contributed by atoms with Crippen molar-refractivity contribution in [1.82, 2.24) is 20.0 Å². The highest BCUT2D eigenvalue weighted by Crippen LogP contribution is 2.53. The molecule has 0 radical (unpaired) electrons. The summed E-state index contributed by atoms with van der Waals surface area (Å²) in [6, 6.07) is 10.1. The Morgan fingerprint density at radius 2 is 1.76 bits per heavy atom. The molecule has 2 saturated heterocycles. The minimum atomic E-state index is -3.04. The number of carbonyl (C=O) groups is 2. The molecule has 1 spiro atoms. The predicted molar refractivity (Wildman–Crippen MR) is 109 cm³/mol. The first-order valence-electron chi connectivity index (χ1n) is 9.93. The fourth-order valence-electron chi connectivity index (χ4n) is 4.93. The third-order valence-corrected chi connectivity index (χ3v) is 8.21. The highest BCUT2D eigenvalue weighted by atomic mass is 32.2. The number of rotatable bonds is 4. The summed E-state index contributed by atoms with van der Waals surface area (Å²) in [4.78, 5) is 30.5. The Labute approximate surface area is 171 Å². The van der Waals surface area contributed by atoms with Gasteiger partial charge in [0.15, 0.2) is 9.84 Å². The summed E-state index contributed by atoms with van der Waals surface area (Å²) in [6.45, 7) is 0.902. The predicted octanol–water partition coefficient (Wildman–Crippen LogP) is 0.258. The molecule has 158 valence electrons. The van der Waals surface area contributed by atoms with Gasteiger partial charge in [-0.1, -0.05) is 30.3 Å². The van der Waals surface area contributed by atoms with Crippen molar-refractivity contribution < 1.29 is 18.0 Å². The van der Waals surface area contributed by atoms with Gasteiger partial charge < -0.3 is 15.1 Å². The number of nitrogens with one attached hydrogen (secondary N) is 1. The number of urea groups is 1. The lowest BCUT2D eigenvalue weighted by Gasteiger charge is -2.57. The summed E-state index contributed by atoms with van der Waals surface area (Å²) in [7, 11) is 1.08. The van der Waals surface area contributed by atoms with Gasteiger partial charge in [-0.05, 0) is 32.5 Å². The summed E-state index contributed by atoms with van der Waals surface area (Å²) >= 11 is 0. The SMILES string of the molecule is CN(C)[C@]1(c2ccccc2)C[C@@]2(CN(CC(=O)N3CCS(=O)(=O)CC3)C(=O)N2)C1. The van der Waals surface area contributed by atoms with Crippen LogP contribution in [0.25, 0.3) is 0 Å². The first-order chi connectivity index (χ1) is 13.6. The Hall–Kier alpha value is -2.13. The maximum absolute atomic E-state index is 12.6. The summed E-state index contributed by atoms with van der Waals surface area (Å²) in [5.74, 6) is -0.192. The van der Waals surface area contributed by atoms with Crippen molar-refractivity contribution in [3.05, 3.63) is 35.9 Å². The average molecular weight is 421 g/mol. The molecule has 0 bridgehead atoms. The Kier molecular flexibility index (Phi) is 4.85. The van der Waals surface area contributed by atoms with Gasteiger partial charge in [0, 0.05) is 19.6 Å². The molecule has 1 N–H and O–H groups in total. The smallest absolute Gasteiger partial charge is 0.318 e. The highest BCUT2D eigenvalue weighted by molar-refractivity contribution is 7.91. The zero-order valence-corrected chi connectivity index (χ0v) is 17.7. The number of hydrogen-bond acceptors (Lipinski definition) is 5. The molecule has 1 aromatic carbocycles. The number of amides is 3. The normalized spacial score (nSPS) is 31.1. The molecule has 1 aromatic rings. The van der Waals surface area contributed by atoms with Crippen LogP contribution in [0.3, 0.4) is 0 Å². The highest BCUT2D eigenvalue weighted by Gasteiger charge is 2.61. The van der Waals surface area contributed by atoms with E-state index in [1.165, 1.54) is 5.56 Å². The summed E-state index contributed by atoms with van der Waals surface area (Å²) < 4.78 is 23.1. The molecule has 2 aliphatic heterocycles. The van der Waals surface area contributed by atoms with E-state index in [1.807, 2.05) is 18.2 Å². The van der Waals surface area contributed by atoms with Gasteiger partial charge in [-0.15, -0.1) is 0 Å². The molecule has 8 nitrogen and oxygen atoms in total. The van der Waals surface area contributed by atoms with Gasteiger partial charge in [0.05, 0.1) is 22.6 Å². The van der Waals surface area contributed by atoms with E-state index in [1.54, 1.807) is 9.80 Å². The number of nitrogens with zero attached hydrogens (tertiary/aromatic N) is 3. The molecule has 3 aliphatic rings. The lowest BCUT2D eigenvalue weighted by Crippen LogP contribution is -2.66. The zero-order chi connectivity index (χ0) is 20.9. The van der Waals surface area contributed by atoms with Crippen LogP contribution in [-0.4, -0.2) is 92.4 Å². The lowest BCUT2D eigenvalue weighted by atomic mass is 9.59. The van der Waals surface area contributed by atoms with Gasteiger partial charge in [0.25, 0.3) is 0 Å². The molecule has 1 saturated carbocycles. The molecular weight excluding hydrogens is 392 g/mol. The van der Waals surface area contributed by atoms with Crippen molar-refractivity contribution in [3.8, 4) is 0 Å². The first-order valence-corrected chi connectivity index (χ1v) is 11.8. The summed E-state index contributed by atoms with van der Waals surface area (Å²) in [6.07, 6.45) is 1.57. The molecule has 2 heterocycles. The summed E-state index contributed by atoms with van der Waals surface area (Å²) in [5.41, 5.74) is 0.771. The molecule has 0 atom stereocenters. The second-order valence-corrected chi connectivity index (χ2v) is 11.0. The second-order valence-electron chi connectivity index (χ2n) is 8.74. The molecule has 3 amide bonds. The van der Waals surface area contributed by atoms with E-state index < -0.39 is 9.84 Å². The number of carbonyl (C=O) groups excluding carboxylic acids is 2. The zero-order valence-electron chi connectivity index (χ0n) is 16.9. The second kappa shape index (κ2) is 6.98. The number of sulfone groups is 1. The molecule has 3 fully saturated rings. The van der Waals surface area contributed by atoms with E-state index in [0.29, 0.717) is 6.54 Å². The van der Waals surface area contributed by atoms with Gasteiger partial charge >= 0.3 is 6.03 Å². The monoisotopic (exact) mass is 420 g/mol. The largest absolute Gasteiger partial charge is 0.339 e. The van der Waals surface area contributed by atoms with Crippen LogP contribution >= 0.6 is 0 Å². The van der Waals surface area contributed by atoms with Crippen LogP contribution in [-0.2, 0) is 20.2 Å². The van der Waals surface area contributed by atoms with E-state index in [2.05, 4.69) is 36.4 Å². The fourth-order valence-corrected chi connectivity index (χ4v) is 6.13. The lowest BCUT2D eigenvalue weighted by molar-refractivity contribution is -0.131. The van der Waals surface area contributed by atoms with Crippen LogP contribution in [0.15, 0.2) is 30.3 Å². The van der Waals surface area contributed by atoms with E-state index in [9.17, 15) is 18.0 Å². The van der Waals surface area contributed by atoms with Crippen molar-refractivity contribution in [2.75, 3.05) is 51.8 Å². The molecule has 1 aliphatic carbocycles. The van der Waals surface area contributed by atoms with Crippen molar-refractivity contribution in [2.24, 2.45) is 0 Å². The van der Waals surface area contributed by atoms with Gasteiger partial charge in [0.2, 0.25) is 5.91 Å². The number of benzene rings is 1. The maximum Gasteiger partial charge on any atom is 0.318 e. The molecule has 0 aromatic heterocycles. The Morgan fingerprint density at radius 3 is 2.34 bits per heavy atom. The van der Waals surface area contributed by atoms with Crippen LogP contribution in [0, 0.1) is 0 Å². The van der Waals surface area contributed by atoms with Crippen molar-refractivity contribution in [2.45, 2.75) is 23.9 Å². The number of hydrogen-bond donors (Lipinski definition) is 1. The van der Waals surface area contributed by atoms with E-state index in [0.717, 1.165) is 12.8 Å². The van der Waals surface area contributed by atoms with Crippen LogP contribution < -0.4 is 5.32 Å². The minimum Gasteiger partial charge on any atom is -0.339 e. The molecular formula is C20H28N4O4S. The topological polar surface area (TPSA) is 90.0 Å². The van der Waals surface area contributed by atoms with E-state index in [-0.39, 0.29) is 54.2 Å².